The monoisotopic (exact) mass is 360 g/mol. The number of carbonyl (C=O) groups is 1. The fourth-order valence-corrected chi connectivity index (χ4v) is 2.16. The Labute approximate surface area is 155 Å². The van der Waals surface area contributed by atoms with Crippen LogP contribution in [-0.2, 0) is 9.63 Å². The second-order valence-corrected chi connectivity index (χ2v) is 5.50. The van der Waals surface area contributed by atoms with Gasteiger partial charge in [-0.05, 0) is 26.5 Å². The SMILES string of the molecule is CCCN(OCC)C(=O)C1=CC(N)=C(C=NCC#CCNC)NC(=N)C1. The fourth-order valence-electron chi connectivity index (χ4n) is 2.16. The van der Waals surface area contributed by atoms with Crippen LogP contribution in [0.25, 0.3) is 0 Å². The maximum Gasteiger partial charge on any atom is 0.273 e. The number of hydroxylamine groups is 2. The largest absolute Gasteiger partial charge is 0.397 e. The summed E-state index contributed by atoms with van der Waals surface area (Å²) in [6.07, 6.45) is 4.03. The maximum atomic E-state index is 12.7. The average molecular weight is 360 g/mol. The number of nitrogens with one attached hydrogen (secondary N) is 3. The van der Waals surface area contributed by atoms with Crippen molar-refractivity contribution in [1.29, 1.82) is 5.41 Å². The molecule has 1 amide bonds. The highest BCUT2D eigenvalue weighted by molar-refractivity contribution is 6.02. The first-order chi connectivity index (χ1) is 12.5. The Morgan fingerprint density at radius 3 is 2.96 bits per heavy atom. The van der Waals surface area contributed by atoms with Gasteiger partial charge in [0.05, 0.1) is 31.1 Å². The molecule has 0 fully saturated rings. The van der Waals surface area contributed by atoms with Crippen molar-refractivity contribution in [1.82, 2.24) is 15.7 Å². The quantitative estimate of drug-likeness (QED) is 0.286. The summed E-state index contributed by atoms with van der Waals surface area (Å²) in [6.45, 7) is 5.60. The lowest BCUT2D eigenvalue weighted by atomic mass is 10.1. The van der Waals surface area contributed by atoms with Gasteiger partial charge in [0.1, 0.15) is 5.84 Å². The number of hydrogen-bond donors (Lipinski definition) is 4. The van der Waals surface area contributed by atoms with Crippen molar-refractivity contribution in [3.63, 3.8) is 0 Å². The third-order valence-electron chi connectivity index (χ3n) is 3.29. The minimum Gasteiger partial charge on any atom is -0.397 e. The van der Waals surface area contributed by atoms with Crippen molar-refractivity contribution < 1.29 is 9.63 Å². The van der Waals surface area contributed by atoms with Crippen molar-refractivity contribution in [2.75, 3.05) is 33.3 Å². The number of aliphatic imine (C=N–C) groups is 1. The first-order valence-electron chi connectivity index (χ1n) is 8.63. The van der Waals surface area contributed by atoms with Crippen LogP contribution in [-0.4, -0.2) is 56.3 Å². The Morgan fingerprint density at radius 1 is 1.54 bits per heavy atom. The predicted molar refractivity (Wildman–Crippen MR) is 103 cm³/mol. The van der Waals surface area contributed by atoms with Gasteiger partial charge < -0.3 is 16.4 Å². The van der Waals surface area contributed by atoms with E-state index in [4.69, 9.17) is 16.0 Å². The van der Waals surface area contributed by atoms with Crippen LogP contribution in [0.1, 0.15) is 26.7 Å². The van der Waals surface area contributed by atoms with Crippen LogP contribution in [0.3, 0.4) is 0 Å². The number of rotatable bonds is 8. The van der Waals surface area contributed by atoms with Crippen LogP contribution >= 0.6 is 0 Å². The maximum absolute atomic E-state index is 12.7. The van der Waals surface area contributed by atoms with Crippen LogP contribution in [0.2, 0.25) is 0 Å². The van der Waals surface area contributed by atoms with E-state index in [1.165, 1.54) is 11.3 Å². The lowest BCUT2D eigenvalue weighted by Gasteiger charge is -2.21. The lowest BCUT2D eigenvalue weighted by Crippen LogP contribution is -2.34. The summed E-state index contributed by atoms with van der Waals surface area (Å²) < 4.78 is 0. The average Bonchev–Trinajstić information content (AvgIpc) is 2.75. The Kier molecular flexibility index (Phi) is 9.75. The highest BCUT2D eigenvalue weighted by Crippen LogP contribution is 2.15. The topological polar surface area (TPSA) is 116 Å². The molecule has 5 N–H and O–H groups in total. The molecule has 142 valence electrons. The minimum absolute atomic E-state index is 0.145. The third kappa shape index (κ3) is 7.09. The lowest BCUT2D eigenvalue weighted by molar-refractivity contribution is -0.180. The van der Waals surface area contributed by atoms with E-state index in [1.54, 1.807) is 6.08 Å². The van der Waals surface area contributed by atoms with Crippen LogP contribution in [0.5, 0.6) is 0 Å². The Hall–Kier alpha value is -2.63. The van der Waals surface area contributed by atoms with Crippen molar-refractivity contribution in [2.24, 2.45) is 10.7 Å². The molecule has 1 heterocycles. The minimum atomic E-state index is -0.278. The zero-order valence-corrected chi connectivity index (χ0v) is 15.7. The summed E-state index contributed by atoms with van der Waals surface area (Å²) in [6, 6.07) is 0. The third-order valence-corrected chi connectivity index (χ3v) is 3.29. The Balaban J connectivity index is 2.94. The zero-order chi connectivity index (χ0) is 19.4. The molecular weight excluding hydrogens is 332 g/mol. The van der Waals surface area contributed by atoms with Gasteiger partial charge in [-0.1, -0.05) is 18.8 Å². The van der Waals surface area contributed by atoms with E-state index in [2.05, 4.69) is 27.5 Å². The Morgan fingerprint density at radius 2 is 2.31 bits per heavy atom. The molecule has 26 heavy (non-hydrogen) atoms. The number of allylic oxidation sites excluding steroid dienone is 2. The summed E-state index contributed by atoms with van der Waals surface area (Å²) in [5.41, 5.74) is 7.30. The van der Waals surface area contributed by atoms with Crippen molar-refractivity contribution in [3.8, 4) is 11.8 Å². The van der Waals surface area contributed by atoms with E-state index in [1.807, 2.05) is 20.9 Å². The van der Waals surface area contributed by atoms with Crippen molar-refractivity contribution in [2.45, 2.75) is 26.7 Å². The van der Waals surface area contributed by atoms with E-state index >= 15 is 0 Å². The Bertz CT molecular complexity index is 648. The van der Waals surface area contributed by atoms with E-state index in [0.29, 0.717) is 43.2 Å². The number of nitrogens with two attached hydrogens (primary N) is 1. The summed E-state index contributed by atoms with van der Waals surface area (Å²) >= 11 is 0. The predicted octanol–water partition coefficient (Wildman–Crippen LogP) is 0.537. The normalized spacial score (nSPS) is 14.4. The summed E-state index contributed by atoms with van der Waals surface area (Å²) in [7, 11) is 1.82. The second-order valence-electron chi connectivity index (χ2n) is 5.50. The highest BCUT2D eigenvalue weighted by Gasteiger charge is 2.22. The van der Waals surface area contributed by atoms with E-state index < -0.39 is 0 Å². The van der Waals surface area contributed by atoms with E-state index in [-0.39, 0.29) is 18.2 Å². The molecule has 0 spiro atoms. The molecule has 8 heteroatoms. The molecule has 0 saturated heterocycles. The molecule has 0 unspecified atom stereocenters. The van der Waals surface area contributed by atoms with Gasteiger partial charge in [0.2, 0.25) is 0 Å². The van der Waals surface area contributed by atoms with Gasteiger partial charge in [-0.3, -0.25) is 20.0 Å². The molecule has 1 aliphatic rings. The van der Waals surface area contributed by atoms with Gasteiger partial charge >= 0.3 is 0 Å². The van der Waals surface area contributed by atoms with Gasteiger partial charge in [-0.25, -0.2) is 5.06 Å². The molecule has 1 rings (SSSR count). The summed E-state index contributed by atoms with van der Waals surface area (Å²) in [4.78, 5) is 22.2. The highest BCUT2D eigenvalue weighted by atomic mass is 16.7. The van der Waals surface area contributed by atoms with E-state index in [0.717, 1.165) is 6.42 Å². The molecule has 0 aromatic carbocycles. The number of carbonyl (C=O) groups excluding carboxylic acids is 1. The summed E-state index contributed by atoms with van der Waals surface area (Å²) in [5, 5.41) is 15.2. The zero-order valence-electron chi connectivity index (χ0n) is 15.7. The van der Waals surface area contributed by atoms with Crippen LogP contribution < -0.4 is 16.4 Å². The number of amides is 1. The molecule has 0 saturated carbocycles. The van der Waals surface area contributed by atoms with Gasteiger partial charge in [0, 0.05) is 24.8 Å². The first kappa shape index (κ1) is 21.4. The van der Waals surface area contributed by atoms with Crippen LogP contribution in [0.15, 0.2) is 28.0 Å². The standard InChI is InChI=1S/C18H28N6O2/c1-4-10-24(26-5-2)18(25)14-11-15(19)16(23-17(20)12-14)13-22-9-7-6-8-21-3/h11,13,21H,4-5,8-10,12,19H2,1-3H3,(H2,20,23). The summed E-state index contributed by atoms with van der Waals surface area (Å²) in [5.74, 6) is 5.68. The molecule has 0 radical (unpaired) electrons. The smallest absolute Gasteiger partial charge is 0.273 e. The van der Waals surface area contributed by atoms with Crippen LogP contribution in [0.4, 0.5) is 0 Å². The van der Waals surface area contributed by atoms with Gasteiger partial charge in [-0.15, -0.1) is 0 Å². The molecule has 0 aliphatic carbocycles. The number of nitrogens with zero attached hydrogens (tertiary/aromatic N) is 2. The van der Waals surface area contributed by atoms with Gasteiger partial charge in [0.25, 0.3) is 5.91 Å². The molecule has 0 aromatic heterocycles. The number of amidine groups is 1. The van der Waals surface area contributed by atoms with Crippen molar-refractivity contribution in [3.05, 3.63) is 23.0 Å². The van der Waals surface area contributed by atoms with Gasteiger partial charge in [0.15, 0.2) is 0 Å². The fraction of sp³-hybridized carbons (Fsp3) is 0.500. The second kappa shape index (κ2) is 11.8. The molecule has 0 atom stereocenters. The number of hydrogen-bond acceptors (Lipinski definition) is 6. The van der Waals surface area contributed by atoms with Crippen LogP contribution in [0, 0.1) is 17.3 Å². The molecule has 8 nitrogen and oxygen atoms in total. The van der Waals surface area contributed by atoms with Gasteiger partial charge in [-0.2, -0.15) is 0 Å². The van der Waals surface area contributed by atoms with Crippen molar-refractivity contribution >= 4 is 18.0 Å². The van der Waals surface area contributed by atoms with E-state index in [9.17, 15) is 4.79 Å². The molecule has 0 aromatic rings. The molecule has 0 bridgehead atoms. The molecule has 1 aliphatic heterocycles. The first-order valence-corrected chi connectivity index (χ1v) is 8.63. The molecular formula is C18H28N6O2.